The maximum atomic E-state index is 10.9. The third-order valence-electron chi connectivity index (χ3n) is 2.51. The highest BCUT2D eigenvalue weighted by Gasteiger charge is 2.23. The van der Waals surface area contributed by atoms with Gasteiger partial charge in [-0.15, -0.1) is 0 Å². The Bertz CT molecular complexity index is 169. The molecule has 0 bridgehead atoms. The smallest absolute Gasteiger partial charge is 0.306 e. The second-order valence-electron chi connectivity index (χ2n) is 3.27. The van der Waals surface area contributed by atoms with Gasteiger partial charge in [0.25, 0.3) is 0 Å². The van der Waals surface area contributed by atoms with Crippen molar-refractivity contribution in [3.63, 3.8) is 0 Å². The molecule has 0 radical (unpaired) electrons. The van der Waals surface area contributed by atoms with Crippen LogP contribution in [0, 0.1) is 0 Å². The summed E-state index contributed by atoms with van der Waals surface area (Å²) in [5, 5.41) is 3.22. The lowest BCUT2D eigenvalue weighted by molar-refractivity contribution is -0.141. The van der Waals surface area contributed by atoms with Gasteiger partial charge in [0.2, 0.25) is 0 Å². The zero-order valence-corrected chi connectivity index (χ0v) is 8.38. The molecular formula is C9H18N2O2. The van der Waals surface area contributed by atoms with E-state index in [1.165, 1.54) is 7.11 Å². The molecule has 13 heavy (non-hydrogen) atoms. The molecule has 4 nitrogen and oxygen atoms in total. The summed E-state index contributed by atoms with van der Waals surface area (Å²) >= 11 is 0. The Kier molecular flexibility index (Phi) is 4.18. The Balaban J connectivity index is 2.19. The van der Waals surface area contributed by atoms with Gasteiger partial charge in [-0.05, 0) is 6.54 Å². The van der Waals surface area contributed by atoms with Crippen molar-refractivity contribution in [2.75, 3.05) is 33.3 Å². The van der Waals surface area contributed by atoms with Gasteiger partial charge in [0.1, 0.15) is 0 Å². The highest BCUT2D eigenvalue weighted by atomic mass is 16.5. The van der Waals surface area contributed by atoms with Crippen LogP contribution in [0.5, 0.6) is 0 Å². The molecule has 0 atom stereocenters. The normalized spacial score (nSPS) is 17.2. The van der Waals surface area contributed by atoms with E-state index in [-0.39, 0.29) is 5.97 Å². The van der Waals surface area contributed by atoms with Gasteiger partial charge in [-0.25, -0.2) is 0 Å². The SMILES string of the molecule is CCN(CCC(=O)OC)C1CNC1. The predicted octanol–water partition coefficient (Wildman–Crippen LogP) is -0.157. The third-order valence-corrected chi connectivity index (χ3v) is 2.51. The van der Waals surface area contributed by atoms with Crippen LogP contribution in [0.1, 0.15) is 13.3 Å². The van der Waals surface area contributed by atoms with Crippen LogP contribution in [0.3, 0.4) is 0 Å². The summed E-state index contributed by atoms with van der Waals surface area (Å²) in [6.07, 6.45) is 0.501. The minimum Gasteiger partial charge on any atom is -0.469 e. The van der Waals surface area contributed by atoms with Gasteiger partial charge in [0, 0.05) is 25.7 Å². The van der Waals surface area contributed by atoms with Gasteiger partial charge < -0.3 is 10.1 Å². The van der Waals surface area contributed by atoms with Gasteiger partial charge in [-0.3, -0.25) is 9.69 Å². The number of carbonyl (C=O) groups is 1. The number of hydrogen-bond acceptors (Lipinski definition) is 4. The molecule has 1 heterocycles. The van der Waals surface area contributed by atoms with E-state index in [0.717, 1.165) is 26.2 Å². The Hall–Kier alpha value is -0.610. The molecule has 1 aliphatic rings. The molecule has 76 valence electrons. The van der Waals surface area contributed by atoms with E-state index in [9.17, 15) is 4.79 Å². The largest absolute Gasteiger partial charge is 0.469 e. The molecule has 0 spiro atoms. The third kappa shape index (κ3) is 2.97. The minimum atomic E-state index is -0.120. The molecule has 1 aliphatic heterocycles. The number of methoxy groups -OCH3 is 1. The van der Waals surface area contributed by atoms with Crippen molar-refractivity contribution in [2.45, 2.75) is 19.4 Å². The number of ether oxygens (including phenoxy) is 1. The average Bonchev–Trinajstić information content (AvgIpc) is 2.08. The predicted molar refractivity (Wildman–Crippen MR) is 50.5 cm³/mol. The van der Waals surface area contributed by atoms with Crippen LogP contribution in [-0.2, 0) is 9.53 Å². The Morgan fingerprint density at radius 2 is 2.31 bits per heavy atom. The molecule has 1 N–H and O–H groups in total. The van der Waals surface area contributed by atoms with Crippen molar-refractivity contribution in [1.82, 2.24) is 10.2 Å². The molecule has 0 aromatic heterocycles. The first-order chi connectivity index (χ1) is 6.27. The van der Waals surface area contributed by atoms with E-state index in [1.54, 1.807) is 0 Å². The quantitative estimate of drug-likeness (QED) is 0.606. The van der Waals surface area contributed by atoms with Crippen LogP contribution in [-0.4, -0.2) is 50.2 Å². The molecule has 4 heteroatoms. The molecule has 0 aliphatic carbocycles. The molecular weight excluding hydrogens is 168 g/mol. The van der Waals surface area contributed by atoms with E-state index in [4.69, 9.17) is 0 Å². The van der Waals surface area contributed by atoms with E-state index in [0.29, 0.717) is 12.5 Å². The highest BCUT2D eigenvalue weighted by Crippen LogP contribution is 2.05. The second kappa shape index (κ2) is 5.19. The van der Waals surface area contributed by atoms with E-state index >= 15 is 0 Å². The number of hydrogen-bond donors (Lipinski definition) is 1. The van der Waals surface area contributed by atoms with Crippen molar-refractivity contribution >= 4 is 5.97 Å². The van der Waals surface area contributed by atoms with Gasteiger partial charge >= 0.3 is 5.97 Å². The van der Waals surface area contributed by atoms with E-state index in [1.807, 2.05) is 0 Å². The molecule has 1 saturated heterocycles. The minimum absolute atomic E-state index is 0.120. The molecule has 1 rings (SSSR count). The van der Waals surface area contributed by atoms with Gasteiger partial charge in [-0.2, -0.15) is 0 Å². The summed E-state index contributed by atoms with van der Waals surface area (Å²) in [6, 6.07) is 0.620. The number of nitrogens with one attached hydrogen (secondary N) is 1. The average molecular weight is 186 g/mol. The summed E-state index contributed by atoms with van der Waals surface area (Å²) < 4.78 is 4.60. The number of rotatable bonds is 5. The summed E-state index contributed by atoms with van der Waals surface area (Å²) in [5.41, 5.74) is 0. The molecule has 0 aromatic carbocycles. The maximum Gasteiger partial charge on any atom is 0.306 e. The summed E-state index contributed by atoms with van der Waals surface area (Å²) in [5.74, 6) is -0.120. The summed E-state index contributed by atoms with van der Waals surface area (Å²) in [4.78, 5) is 13.2. The topological polar surface area (TPSA) is 41.6 Å². The fourth-order valence-electron chi connectivity index (χ4n) is 1.47. The lowest BCUT2D eigenvalue weighted by Gasteiger charge is -2.37. The fourth-order valence-corrected chi connectivity index (χ4v) is 1.47. The van der Waals surface area contributed by atoms with Crippen molar-refractivity contribution in [3.05, 3.63) is 0 Å². The number of likely N-dealkylation sites (N-methyl/N-ethyl adjacent to an activating group) is 1. The zero-order valence-electron chi connectivity index (χ0n) is 8.38. The van der Waals surface area contributed by atoms with Crippen LogP contribution in [0.15, 0.2) is 0 Å². The Labute approximate surface area is 79.2 Å². The van der Waals surface area contributed by atoms with E-state index in [2.05, 4.69) is 21.9 Å². The second-order valence-corrected chi connectivity index (χ2v) is 3.27. The Morgan fingerprint density at radius 1 is 1.62 bits per heavy atom. The lowest BCUT2D eigenvalue weighted by atomic mass is 10.1. The van der Waals surface area contributed by atoms with Crippen molar-refractivity contribution in [1.29, 1.82) is 0 Å². The number of nitrogens with zero attached hydrogens (tertiary/aromatic N) is 1. The molecule has 0 unspecified atom stereocenters. The van der Waals surface area contributed by atoms with Gasteiger partial charge in [0.05, 0.1) is 13.5 Å². The summed E-state index contributed by atoms with van der Waals surface area (Å²) in [7, 11) is 1.43. The van der Waals surface area contributed by atoms with Crippen LogP contribution in [0.25, 0.3) is 0 Å². The molecule has 0 saturated carbocycles. The zero-order chi connectivity index (χ0) is 9.68. The lowest BCUT2D eigenvalue weighted by Crippen LogP contribution is -2.57. The van der Waals surface area contributed by atoms with E-state index < -0.39 is 0 Å². The van der Waals surface area contributed by atoms with Crippen LogP contribution in [0.2, 0.25) is 0 Å². The Morgan fingerprint density at radius 3 is 2.69 bits per heavy atom. The number of carbonyl (C=O) groups excluding carboxylic acids is 1. The fraction of sp³-hybridized carbons (Fsp3) is 0.889. The molecule has 0 amide bonds. The van der Waals surface area contributed by atoms with Crippen LogP contribution in [0.4, 0.5) is 0 Å². The standard InChI is InChI=1S/C9H18N2O2/c1-3-11(8-6-10-7-8)5-4-9(12)13-2/h8,10H,3-7H2,1-2H3. The molecule has 0 aromatic rings. The first-order valence-corrected chi connectivity index (χ1v) is 4.79. The van der Waals surface area contributed by atoms with Crippen molar-refractivity contribution < 1.29 is 9.53 Å². The number of esters is 1. The van der Waals surface area contributed by atoms with Crippen molar-refractivity contribution in [3.8, 4) is 0 Å². The van der Waals surface area contributed by atoms with Crippen LogP contribution < -0.4 is 5.32 Å². The van der Waals surface area contributed by atoms with Gasteiger partial charge in [-0.1, -0.05) is 6.92 Å². The first-order valence-electron chi connectivity index (χ1n) is 4.79. The monoisotopic (exact) mass is 186 g/mol. The van der Waals surface area contributed by atoms with Gasteiger partial charge in [0.15, 0.2) is 0 Å². The highest BCUT2D eigenvalue weighted by molar-refractivity contribution is 5.69. The maximum absolute atomic E-state index is 10.9. The van der Waals surface area contributed by atoms with Crippen LogP contribution >= 0.6 is 0 Å². The first kappa shape index (κ1) is 10.5. The molecule has 1 fully saturated rings. The summed E-state index contributed by atoms with van der Waals surface area (Å²) in [6.45, 7) is 6.04. The van der Waals surface area contributed by atoms with Crippen molar-refractivity contribution in [2.24, 2.45) is 0 Å².